The van der Waals surface area contributed by atoms with E-state index in [1.807, 2.05) is 17.5 Å². The van der Waals surface area contributed by atoms with Gasteiger partial charge in [0.15, 0.2) is 0 Å². The van der Waals surface area contributed by atoms with Crippen molar-refractivity contribution in [3.8, 4) is 11.5 Å². The van der Waals surface area contributed by atoms with Gasteiger partial charge in [0.05, 0.1) is 32.3 Å². The Kier molecular flexibility index (Phi) is 6.13. The van der Waals surface area contributed by atoms with Crippen LogP contribution in [0.1, 0.15) is 34.5 Å². The van der Waals surface area contributed by atoms with E-state index in [9.17, 15) is 14.4 Å². The number of likely N-dealkylation sites (tertiary alicyclic amines) is 1. The number of nitrogens with one attached hydrogen (secondary N) is 2. The van der Waals surface area contributed by atoms with Gasteiger partial charge in [-0.15, -0.1) is 11.3 Å². The van der Waals surface area contributed by atoms with Crippen molar-refractivity contribution < 1.29 is 23.9 Å². The summed E-state index contributed by atoms with van der Waals surface area (Å²) in [6.07, 6.45) is 1.23. The highest BCUT2D eigenvalue weighted by Gasteiger charge is 2.40. The van der Waals surface area contributed by atoms with Gasteiger partial charge in [0, 0.05) is 24.3 Å². The number of amides is 3. The molecule has 0 radical (unpaired) electrons. The van der Waals surface area contributed by atoms with Crippen molar-refractivity contribution in [3.63, 3.8) is 0 Å². The lowest BCUT2D eigenvalue weighted by molar-refractivity contribution is -0.135. The van der Waals surface area contributed by atoms with Crippen molar-refractivity contribution in [3.05, 3.63) is 46.2 Å². The average molecular weight is 444 g/mol. The monoisotopic (exact) mass is 443 g/mol. The van der Waals surface area contributed by atoms with Crippen LogP contribution in [0.2, 0.25) is 0 Å². The molecule has 2 aromatic rings. The molecule has 1 saturated heterocycles. The van der Waals surface area contributed by atoms with Gasteiger partial charge in [0.2, 0.25) is 11.8 Å². The van der Waals surface area contributed by atoms with Crippen molar-refractivity contribution in [2.45, 2.75) is 31.4 Å². The lowest BCUT2D eigenvalue weighted by Crippen LogP contribution is -2.46. The molecule has 8 nitrogen and oxygen atoms in total. The van der Waals surface area contributed by atoms with Gasteiger partial charge in [0.25, 0.3) is 5.91 Å². The SMILES string of the molecule is COc1ccc2c(c1)C(=O)NCC1(CCC(=O)N(CC(=O)NCc3cccs3)CC1)O2. The number of carbonyl (C=O) groups excluding carboxylic acids is 3. The van der Waals surface area contributed by atoms with Gasteiger partial charge in [-0.2, -0.15) is 0 Å². The minimum Gasteiger partial charge on any atom is -0.497 e. The van der Waals surface area contributed by atoms with E-state index in [1.54, 1.807) is 41.5 Å². The van der Waals surface area contributed by atoms with Crippen molar-refractivity contribution in [2.75, 3.05) is 26.7 Å². The molecular weight excluding hydrogens is 418 g/mol. The summed E-state index contributed by atoms with van der Waals surface area (Å²) in [6.45, 7) is 1.15. The molecule has 1 fully saturated rings. The number of methoxy groups -OCH3 is 1. The summed E-state index contributed by atoms with van der Waals surface area (Å²) in [7, 11) is 1.54. The molecule has 2 N–H and O–H groups in total. The van der Waals surface area contributed by atoms with Crippen LogP contribution in [0.25, 0.3) is 0 Å². The maximum absolute atomic E-state index is 12.7. The van der Waals surface area contributed by atoms with Crippen LogP contribution in [0, 0.1) is 0 Å². The van der Waals surface area contributed by atoms with Crippen molar-refractivity contribution in [1.29, 1.82) is 0 Å². The van der Waals surface area contributed by atoms with Gasteiger partial charge < -0.3 is 25.0 Å². The normalized spacial score (nSPS) is 20.9. The summed E-state index contributed by atoms with van der Waals surface area (Å²) < 4.78 is 11.5. The molecule has 3 amide bonds. The molecular formula is C22H25N3O5S. The molecule has 0 aliphatic carbocycles. The van der Waals surface area contributed by atoms with Crippen LogP contribution in [0.5, 0.6) is 11.5 Å². The summed E-state index contributed by atoms with van der Waals surface area (Å²) in [4.78, 5) is 40.2. The summed E-state index contributed by atoms with van der Waals surface area (Å²) in [5.41, 5.74) is -0.288. The van der Waals surface area contributed by atoms with Gasteiger partial charge in [-0.05, 0) is 36.1 Å². The van der Waals surface area contributed by atoms with Crippen LogP contribution in [-0.2, 0) is 16.1 Å². The van der Waals surface area contributed by atoms with Crippen LogP contribution in [0.15, 0.2) is 35.7 Å². The highest BCUT2D eigenvalue weighted by molar-refractivity contribution is 7.09. The number of carbonyl (C=O) groups is 3. The number of hydrogen-bond donors (Lipinski definition) is 2. The minimum absolute atomic E-state index is 0.0143. The van der Waals surface area contributed by atoms with Gasteiger partial charge >= 0.3 is 0 Å². The number of rotatable bonds is 5. The maximum atomic E-state index is 12.7. The second-order valence-corrected chi connectivity index (χ2v) is 8.78. The molecule has 3 heterocycles. The molecule has 1 unspecified atom stereocenters. The van der Waals surface area contributed by atoms with Crippen LogP contribution in [-0.4, -0.2) is 55.0 Å². The Bertz CT molecular complexity index is 978. The summed E-state index contributed by atoms with van der Waals surface area (Å²) in [6, 6.07) is 9.01. The van der Waals surface area contributed by atoms with Gasteiger partial charge in [0.1, 0.15) is 17.1 Å². The summed E-state index contributed by atoms with van der Waals surface area (Å²) >= 11 is 1.57. The van der Waals surface area contributed by atoms with E-state index in [1.165, 1.54) is 0 Å². The van der Waals surface area contributed by atoms with E-state index in [-0.39, 0.29) is 30.7 Å². The van der Waals surface area contributed by atoms with Gasteiger partial charge in [-0.1, -0.05) is 6.07 Å². The fourth-order valence-electron chi connectivity index (χ4n) is 3.86. The molecule has 1 atom stereocenters. The van der Waals surface area contributed by atoms with Crippen molar-refractivity contribution in [2.24, 2.45) is 0 Å². The zero-order chi connectivity index (χ0) is 21.8. The summed E-state index contributed by atoms with van der Waals surface area (Å²) in [5, 5.41) is 7.74. The first-order valence-corrected chi connectivity index (χ1v) is 11.1. The molecule has 9 heteroatoms. The molecule has 0 saturated carbocycles. The molecule has 1 aromatic carbocycles. The fourth-order valence-corrected chi connectivity index (χ4v) is 4.51. The number of benzene rings is 1. The lowest BCUT2D eigenvalue weighted by Gasteiger charge is -2.32. The molecule has 1 aromatic heterocycles. The van der Waals surface area contributed by atoms with E-state index >= 15 is 0 Å². The zero-order valence-corrected chi connectivity index (χ0v) is 18.1. The average Bonchev–Trinajstić information content (AvgIpc) is 3.20. The molecule has 4 rings (SSSR count). The molecule has 2 aliphatic heterocycles. The topological polar surface area (TPSA) is 97.0 Å². The Morgan fingerprint density at radius 3 is 2.97 bits per heavy atom. The number of hydrogen-bond acceptors (Lipinski definition) is 6. The van der Waals surface area contributed by atoms with E-state index in [4.69, 9.17) is 9.47 Å². The fraction of sp³-hybridized carbons (Fsp3) is 0.409. The zero-order valence-electron chi connectivity index (χ0n) is 17.3. The smallest absolute Gasteiger partial charge is 0.255 e. The van der Waals surface area contributed by atoms with Gasteiger partial charge in [-0.25, -0.2) is 0 Å². The highest BCUT2D eigenvalue weighted by Crippen LogP contribution is 2.34. The van der Waals surface area contributed by atoms with Crippen LogP contribution >= 0.6 is 11.3 Å². The van der Waals surface area contributed by atoms with Crippen LogP contribution in [0.4, 0.5) is 0 Å². The summed E-state index contributed by atoms with van der Waals surface area (Å²) in [5.74, 6) is 0.545. The Balaban J connectivity index is 1.42. The second kappa shape index (κ2) is 8.97. The molecule has 2 aliphatic rings. The number of thiophene rings is 1. The largest absolute Gasteiger partial charge is 0.497 e. The Morgan fingerprint density at radius 1 is 1.32 bits per heavy atom. The minimum atomic E-state index is -0.701. The highest BCUT2D eigenvalue weighted by atomic mass is 32.1. The standard InChI is InChI=1S/C22H25N3O5S/c1-29-15-4-5-18-17(11-15)21(28)24-14-22(30-18)7-6-20(27)25(9-8-22)13-19(26)23-12-16-3-2-10-31-16/h2-5,10-11H,6-9,12-14H2,1H3,(H,23,26)(H,24,28). The van der Waals surface area contributed by atoms with Gasteiger partial charge in [-0.3, -0.25) is 14.4 Å². The van der Waals surface area contributed by atoms with E-state index in [2.05, 4.69) is 10.6 Å². The quantitative estimate of drug-likeness (QED) is 0.736. The third kappa shape index (κ3) is 4.82. The third-order valence-corrected chi connectivity index (χ3v) is 6.56. The maximum Gasteiger partial charge on any atom is 0.255 e. The van der Waals surface area contributed by atoms with Crippen molar-refractivity contribution in [1.82, 2.24) is 15.5 Å². The molecule has 1 spiro atoms. The first kappa shape index (κ1) is 21.2. The Labute approximate surface area is 184 Å². The first-order chi connectivity index (χ1) is 15.0. The van der Waals surface area contributed by atoms with E-state index in [0.29, 0.717) is 49.5 Å². The third-order valence-electron chi connectivity index (χ3n) is 5.69. The predicted molar refractivity (Wildman–Crippen MR) is 115 cm³/mol. The van der Waals surface area contributed by atoms with Crippen molar-refractivity contribution >= 4 is 29.1 Å². The van der Waals surface area contributed by atoms with E-state index < -0.39 is 5.60 Å². The molecule has 164 valence electrons. The van der Waals surface area contributed by atoms with Crippen LogP contribution in [0.3, 0.4) is 0 Å². The Morgan fingerprint density at radius 2 is 2.19 bits per heavy atom. The number of nitrogens with zero attached hydrogens (tertiary/aromatic N) is 1. The second-order valence-electron chi connectivity index (χ2n) is 7.75. The first-order valence-electron chi connectivity index (χ1n) is 10.2. The van der Waals surface area contributed by atoms with E-state index in [0.717, 1.165) is 4.88 Å². The number of ether oxygens (including phenoxy) is 2. The number of fused-ring (bicyclic) bond motifs is 1. The molecule has 31 heavy (non-hydrogen) atoms. The predicted octanol–water partition coefficient (Wildman–Crippen LogP) is 1.95. The van der Waals surface area contributed by atoms with Crippen LogP contribution < -0.4 is 20.1 Å². The lowest BCUT2D eigenvalue weighted by atomic mass is 9.94. The Hall–Kier alpha value is -3.07. The molecule has 0 bridgehead atoms.